The first kappa shape index (κ1) is 18.6. The fourth-order valence-corrected chi connectivity index (χ4v) is 4.01. The Bertz CT molecular complexity index is 1150. The van der Waals surface area contributed by atoms with Gasteiger partial charge in [0.2, 0.25) is 0 Å². The van der Waals surface area contributed by atoms with Gasteiger partial charge in [-0.15, -0.1) is 0 Å². The van der Waals surface area contributed by atoms with Crippen molar-refractivity contribution in [3.63, 3.8) is 0 Å². The van der Waals surface area contributed by atoms with Crippen LogP contribution in [0.25, 0.3) is 22.0 Å². The number of aromatic amines is 2. The van der Waals surface area contributed by atoms with Crippen LogP contribution < -0.4 is 5.32 Å². The highest BCUT2D eigenvalue weighted by Gasteiger charge is 2.19. The number of H-pyrrole nitrogens is 2. The van der Waals surface area contributed by atoms with Crippen molar-refractivity contribution in [1.29, 1.82) is 0 Å². The summed E-state index contributed by atoms with van der Waals surface area (Å²) in [4.78, 5) is 15.1. The Kier molecular flexibility index (Phi) is 4.80. The number of piperidine rings is 1. The van der Waals surface area contributed by atoms with E-state index in [1.807, 2.05) is 35.3 Å². The normalized spacial score (nSPS) is 15.6. The van der Waals surface area contributed by atoms with Crippen molar-refractivity contribution < 1.29 is 4.79 Å². The number of rotatable bonds is 5. The summed E-state index contributed by atoms with van der Waals surface area (Å²) in [5.74, 6) is 0.375. The monoisotopic (exact) mass is 404 g/mol. The third-order valence-electron chi connectivity index (χ3n) is 5.78. The molecule has 5 rings (SSSR count). The SMILES string of the molecule is CN1CCC(Cn2cc(NC(=O)c3n[nH]c4cc(-c5cn[nH]c5)ccc34)cn2)CC1. The first-order valence-corrected chi connectivity index (χ1v) is 10.2. The molecule has 1 aliphatic heterocycles. The van der Waals surface area contributed by atoms with Crippen LogP contribution in [0, 0.1) is 5.92 Å². The third kappa shape index (κ3) is 3.71. The summed E-state index contributed by atoms with van der Waals surface area (Å²) in [6, 6.07) is 5.82. The van der Waals surface area contributed by atoms with E-state index in [1.165, 1.54) is 12.8 Å². The van der Waals surface area contributed by atoms with Gasteiger partial charge in [0.05, 0.1) is 23.6 Å². The van der Waals surface area contributed by atoms with Gasteiger partial charge in [-0.25, -0.2) is 0 Å². The first-order valence-electron chi connectivity index (χ1n) is 10.2. The zero-order valence-electron chi connectivity index (χ0n) is 16.8. The van der Waals surface area contributed by atoms with Crippen LogP contribution in [-0.2, 0) is 6.54 Å². The van der Waals surface area contributed by atoms with E-state index in [9.17, 15) is 4.79 Å². The van der Waals surface area contributed by atoms with Crippen LogP contribution in [-0.4, -0.2) is 61.1 Å². The maximum absolute atomic E-state index is 12.8. The molecule has 1 aliphatic rings. The summed E-state index contributed by atoms with van der Waals surface area (Å²) in [5.41, 5.74) is 3.83. The van der Waals surface area contributed by atoms with Crippen LogP contribution in [0.15, 0.2) is 43.0 Å². The second-order valence-corrected chi connectivity index (χ2v) is 7.97. The number of nitrogens with one attached hydrogen (secondary N) is 3. The molecule has 4 aromatic rings. The van der Waals surface area contributed by atoms with E-state index >= 15 is 0 Å². The summed E-state index contributed by atoms with van der Waals surface area (Å²) in [6.45, 7) is 3.14. The molecule has 9 heteroatoms. The van der Waals surface area contributed by atoms with Crippen LogP contribution in [0.4, 0.5) is 5.69 Å². The zero-order chi connectivity index (χ0) is 20.5. The molecule has 154 valence electrons. The van der Waals surface area contributed by atoms with Crippen molar-refractivity contribution in [3.8, 4) is 11.1 Å². The zero-order valence-corrected chi connectivity index (χ0v) is 16.8. The van der Waals surface area contributed by atoms with Crippen LogP contribution in [0.3, 0.4) is 0 Å². The Balaban J connectivity index is 1.27. The molecule has 3 N–H and O–H groups in total. The third-order valence-corrected chi connectivity index (χ3v) is 5.78. The Hall–Kier alpha value is -3.46. The molecule has 1 amide bonds. The van der Waals surface area contributed by atoms with Crippen molar-refractivity contribution >= 4 is 22.5 Å². The summed E-state index contributed by atoms with van der Waals surface area (Å²) in [7, 11) is 2.16. The topological polar surface area (TPSA) is 108 Å². The number of amides is 1. The van der Waals surface area contributed by atoms with Crippen molar-refractivity contribution in [3.05, 3.63) is 48.7 Å². The van der Waals surface area contributed by atoms with Crippen LogP contribution in [0.2, 0.25) is 0 Å². The number of fused-ring (bicyclic) bond motifs is 1. The second-order valence-electron chi connectivity index (χ2n) is 7.97. The van der Waals surface area contributed by atoms with Gasteiger partial charge in [-0.1, -0.05) is 6.07 Å². The number of aromatic nitrogens is 6. The summed E-state index contributed by atoms with van der Waals surface area (Å²) in [6.07, 6.45) is 9.53. The Morgan fingerprint density at radius 1 is 1.23 bits per heavy atom. The van der Waals surface area contributed by atoms with Gasteiger partial charge in [-0.3, -0.25) is 19.7 Å². The molecule has 0 saturated carbocycles. The number of benzene rings is 1. The van der Waals surface area contributed by atoms with E-state index in [4.69, 9.17) is 0 Å². The molecule has 4 heterocycles. The molecular formula is C21H24N8O. The predicted octanol–water partition coefficient (Wildman–Crippen LogP) is 2.74. The highest BCUT2D eigenvalue weighted by Crippen LogP contribution is 2.25. The summed E-state index contributed by atoms with van der Waals surface area (Å²) >= 11 is 0. The van der Waals surface area contributed by atoms with Crippen LogP contribution in [0.5, 0.6) is 0 Å². The summed E-state index contributed by atoms with van der Waals surface area (Å²) in [5, 5.41) is 22.1. The lowest BCUT2D eigenvalue weighted by atomic mass is 9.97. The number of hydrogen-bond donors (Lipinski definition) is 3. The molecule has 1 saturated heterocycles. The lowest BCUT2D eigenvalue weighted by Gasteiger charge is -2.28. The molecule has 0 aliphatic carbocycles. The maximum Gasteiger partial charge on any atom is 0.276 e. The summed E-state index contributed by atoms with van der Waals surface area (Å²) < 4.78 is 1.92. The minimum atomic E-state index is -0.254. The number of hydrogen-bond acceptors (Lipinski definition) is 5. The molecule has 9 nitrogen and oxygen atoms in total. The number of anilines is 1. The lowest BCUT2D eigenvalue weighted by Crippen LogP contribution is -2.31. The van der Waals surface area contributed by atoms with Gasteiger partial charge in [-0.2, -0.15) is 15.3 Å². The van der Waals surface area contributed by atoms with Crippen LogP contribution in [0.1, 0.15) is 23.3 Å². The fraction of sp³-hybridized carbons (Fsp3) is 0.333. The second kappa shape index (κ2) is 7.75. The predicted molar refractivity (Wildman–Crippen MR) is 114 cm³/mol. The van der Waals surface area contributed by atoms with E-state index in [-0.39, 0.29) is 5.91 Å². The molecule has 3 aromatic heterocycles. The Morgan fingerprint density at radius 3 is 2.90 bits per heavy atom. The van der Waals surface area contributed by atoms with Gasteiger partial charge < -0.3 is 10.2 Å². The number of carbonyl (C=O) groups excluding carboxylic acids is 1. The fourth-order valence-electron chi connectivity index (χ4n) is 4.01. The average molecular weight is 404 g/mol. The lowest BCUT2D eigenvalue weighted by molar-refractivity contribution is 0.102. The molecule has 0 unspecified atom stereocenters. The maximum atomic E-state index is 12.8. The standard InChI is InChI=1S/C21H24N8O/c1-28-6-4-14(5-7-28)12-29-13-17(11-24-29)25-21(30)20-18-3-2-15(8-19(18)26-27-20)16-9-22-23-10-16/h2-3,8-11,13-14H,4-7,12H2,1H3,(H,22,23)(H,25,30)(H,26,27). The van der Waals surface area contributed by atoms with Gasteiger partial charge in [-0.05, 0) is 56.6 Å². The highest BCUT2D eigenvalue weighted by atomic mass is 16.2. The van der Waals surface area contributed by atoms with E-state index in [0.717, 1.165) is 41.7 Å². The Labute approximate surface area is 173 Å². The Morgan fingerprint density at radius 2 is 2.10 bits per heavy atom. The molecular weight excluding hydrogens is 380 g/mol. The molecule has 0 bridgehead atoms. The minimum absolute atomic E-state index is 0.254. The number of carbonyl (C=O) groups is 1. The van der Waals surface area contributed by atoms with E-state index in [0.29, 0.717) is 17.3 Å². The molecule has 0 atom stereocenters. The highest BCUT2D eigenvalue weighted by molar-refractivity contribution is 6.11. The van der Waals surface area contributed by atoms with Gasteiger partial charge in [0.25, 0.3) is 5.91 Å². The number of likely N-dealkylation sites (tertiary alicyclic amines) is 1. The van der Waals surface area contributed by atoms with E-state index < -0.39 is 0 Å². The van der Waals surface area contributed by atoms with Crippen molar-refractivity contribution in [1.82, 2.24) is 35.1 Å². The van der Waals surface area contributed by atoms with Crippen molar-refractivity contribution in [2.24, 2.45) is 5.92 Å². The minimum Gasteiger partial charge on any atom is -0.318 e. The van der Waals surface area contributed by atoms with E-state index in [2.05, 4.69) is 42.8 Å². The largest absolute Gasteiger partial charge is 0.318 e. The van der Waals surface area contributed by atoms with Gasteiger partial charge in [0, 0.05) is 29.9 Å². The molecule has 1 aromatic carbocycles. The van der Waals surface area contributed by atoms with Crippen molar-refractivity contribution in [2.45, 2.75) is 19.4 Å². The van der Waals surface area contributed by atoms with Crippen molar-refractivity contribution in [2.75, 3.05) is 25.5 Å². The number of nitrogens with zero attached hydrogens (tertiary/aromatic N) is 5. The van der Waals surface area contributed by atoms with Crippen LogP contribution >= 0.6 is 0 Å². The quantitative estimate of drug-likeness (QED) is 0.474. The molecule has 0 spiro atoms. The molecule has 1 fully saturated rings. The van der Waals surface area contributed by atoms with E-state index in [1.54, 1.807) is 12.4 Å². The van der Waals surface area contributed by atoms with Gasteiger partial charge in [0.15, 0.2) is 5.69 Å². The van der Waals surface area contributed by atoms with Gasteiger partial charge in [0.1, 0.15) is 0 Å². The molecule has 30 heavy (non-hydrogen) atoms. The first-order chi connectivity index (χ1) is 14.7. The smallest absolute Gasteiger partial charge is 0.276 e. The van der Waals surface area contributed by atoms with Gasteiger partial charge >= 0.3 is 0 Å². The average Bonchev–Trinajstić information content (AvgIpc) is 3.50. The molecule has 0 radical (unpaired) electrons.